The Morgan fingerprint density at radius 3 is 2.63 bits per heavy atom. The van der Waals surface area contributed by atoms with Crippen LogP contribution in [-0.2, 0) is 4.79 Å². The summed E-state index contributed by atoms with van der Waals surface area (Å²) in [7, 11) is 0. The standard InChI is InChI=1S/C23H21N3O2S2/c1-14-8-10-17(11-9-14)24-19(27)13-29-15(2)21-25-22(28)20-18(12-30-23(20)26-21)16-6-4-3-5-7-16/h3-12,15H,13H2,1-2H3,(H,24,27)(H,25,26,28)/t15-/m0/s1. The molecule has 30 heavy (non-hydrogen) atoms. The number of thiophene rings is 1. The second-order valence-electron chi connectivity index (χ2n) is 7.01. The molecule has 0 bridgehead atoms. The van der Waals surface area contributed by atoms with Crippen LogP contribution >= 0.6 is 23.1 Å². The van der Waals surface area contributed by atoms with E-state index >= 15 is 0 Å². The Hall–Kier alpha value is -2.90. The van der Waals surface area contributed by atoms with Crippen LogP contribution in [0.1, 0.15) is 23.6 Å². The zero-order valence-corrected chi connectivity index (χ0v) is 18.3. The van der Waals surface area contributed by atoms with Gasteiger partial charge in [0.05, 0.1) is 16.4 Å². The monoisotopic (exact) mass is 435 g/mol. The van der Waals surface area contributed by atoms with E-state index in [-0.39, 0.29) is 22.5 Å². The third kappa shape index (κ3) is 4.47. The minimum atomic E-state index is -0.147. The van der Waals surface area contributed by atoms with E-state index in [1.54, 1.807) is 0 Å². The first-order valence-corrected chi connectivity index (χ1v) is 11.5. The third-order valence-electron chi connectivity index (χ3n) is 4.73. The summed E-state index contributed by atoms with van der Waals surface area (Å²) in [5.41, 5.74) is 3.67. The number of aromatic amines is 1. The number of nitrogens with one attached hydrogen (secondary N) is 2. The van der Waals surface area contributed by atoms with Crippen LogP contribution in [0.4, 0.5) is 5.69 Å². The largest absolute Gasteiger partial charge is 0.325 e. The van der Waals surface area contributed by atoms with Crippen LogP contribution < -0.4 is 10.9 Å². The molecule has 4 aromatic rings. The molecule has 0 aliphatic heterocycles. The van der Waals surface area contributed by atoms with E-state index in [9.17, 15) is 9.59 Å². The van der Waals surface area contributed by atoms with Crippen LogP contribution in [0.3, 0.4) is 0 Å². The van der Waals surface area contributed by atoms with Gasteiger partial charge < -0.3 is 10.3 Å². The molecular weight excluding hydrogens is 414 g/mol. The molecule has 0 saturated carbocycles. The van der Waals surface area contributed by atoms with Gasteiger partial charge in [-0.2, -0.15) is 0 Å². The van der Waals surface area contributed by atoms with E-state index in [1.165, 1.54) is 23.1 Å². The molecule has 7 heteroatoms. The number of amides is 1. The number of thioether (sulfide) groups is 1. The average molecular weight is 436 g/mol. The number of rotatable bonds is 6. The number of H-pyrrole nitrogens is 1. The molecule has 0 aliphatic carbocycles. The fourth-order valence-electron chi connectivity index (χ4n) is 3.10. The lowest BCUT2D eigenvalue weighted by Gasteiger charge is -2.11. The summed E-state index contributed by atoms with van der Waals surface area (Å²) in [5.74, 6) is 0.778. The maximum atomic E-state index is 12.8. The molecule has 1 amide bonds. The summed E-state index contributed by atoms with van der Waals surface area (Å²) < 4.78 is 0. The number of carbonyl (C=O) groups excluding carboxylic acids is 1. The molecule has 2 aromatic heterocycles. The number of fused-ring (bicyclic) bond motifs is 1. The highest BCUT2D eigenvalue weighted by molar-refractivity contribution is 8.00. The smallest absolute Gasteiger partial charge is 0.260 e. The zero-order valence-electron chi connectivity index (χ0n) is 16.6. The van der Waals surface area contributed by atoms with Crippen molar-refractivity contribution in [3.8, 4) is 11.1 Å². The number of hydrogen-bond acceptors (Lipinski definition) is 5. The van der Waals surface area contributed by atoms with Crippen molar-refractivity contribution in [3.63, 3.8) is 0 Å². The van der Waals surface area contributed by atoms with Gasteiger partial charge >= 0.3 is 0 Å². The molecule has 152 valence electrons. The van der Waals surface area contributed by atoms with Crippen LogP contribution in [0.15, 0.2) is 64.8 Å². The Balaban J connectivity index is 1.47. The van der Waals surface area contributed by atoms with Crippen molar-refractivity contribution in [2.75, 3.05) is 11.1 Å². The van der Waals surface area contributed by atoms with E-state index in [1.807, 2.05) is 73.8 Å². The molecule has 2 heterocycles. The molecule has 2 N–H and O–H groups in total. The van der Waals surface area contributed by atoms with Crippen LogP contribution in [0.25, 0.3) is 21.3 Å². The quantitative estimate of drug-likeness (QED) is 0.426. The lowest BCUT2D eigenvalue weighted by atomic mass is 10.1. The van der Waals surface area contributed by atoms with Crippen molar-refractivity contribution in [3.05, 3.63) is 81.7 Å². The Labute approximate surface area is 182 Å². The van der Waals surface area contributed by atoms with E-state index in [4.69, 9.17) is 0 Å². The molecule has 0 saturated heterocycles. The number of aryl methyl sites for hydroxylation is 1. The lowest BCUT2D eigenvalue weighted by molar-refractivity contribution is -0.113. The summed E-state index contributed by atoms with van der Waals surface area (Å²) in [6.07, 6.45) is 0. The first-order chi connectivity index (χ1) is 14.5. The molecule has 0 fully saturated rings. The Bertz CT molecular complexity index is 1230. The number of benzene rings is 2. The fraction of sp³-hybridized carbons (Fsp3) is 0.174. The van der Waals surface area contributed by atoms with Gasteiger partial charge in [0.2, 0.25) is 5.91 Å². The Morgan fingerprint density at radius 1 is 1.17 bits per heavy atom. The molecule has 0 unspecified atom stereocenters. The minimum absolute atomic E-state index is 0.0818. The van der Waals surface area contributed by atoms with E-state index in [0.717, 1.165) is 22.4 Å². The number of aromatic nitrogens is 2. The maximum Gasteiger partial charge on any atom is 0.260 e. The van der Waals surface area contributed by atoms with Gasteiger partial charge in [-0.1, -0.05) is 48.0 Å². The molecule has 5 nitrogen and oxygen atoms in total. The van der Waals surface area contributed by atoms with Gasteiger partial charge in [-0.15, -0.1) is 23.1 Å². The van der Waals surface area contributed by atoms with Crippen molar-refractivity contribution < 1.29 is 4.79 Å². The molecule has 1 atom stereocenters. The van der Waals surface area contributed by atoms with Crippen molar-refractivity contribution in [2.24, 2.45) is 0 Å². The van der Waals surface area contributed by atoms with Crippen molar-refractivity contribution in [1.82, 2.24) is 9.97 Å². The predicted octanol–water partition coefficient (Wildman–Crippen LogP) is 5.39. The minimum Gasteiger partial charge on any atom is -0.325 e. The van der Waals surface area contributed by atoms with Gasteiger partial charge in [0.15, 0.2) is 0 Å². The second-order valence-corrected chi connectivity index (χ2v) is 9.20. The van der Waals surface area contributed by atoms with Crippen LogP contribution in [-0.4, -0.2) is 21.6 Å². The van der Waals surface area contributed by atoms with Crippen molar-refractivity contribution in [2.45, 2.75) is 19.1 Å². The second kappa shape index (κ2) is 8.85. The van der Waals surface area contributed by atoms with Gasteiger partial charge in [0.1, 0.15) is 10.7 Å². The predicted molar refractivity (Wildman–Crippen MR) is 126 cm³/mol. The molecule has 0 aliphatic rings. The molecular formula is C23H21N3O2S2. The summed E-state index contributed by atoms with van der Waals surface area (Å²) in [6, 6.07) is 17.5. The van der Waals surface area contributed by atoms with Gasteiger partial charge in [-0.05, 0) is 31.5 Å². The van der Waals surface area contributed by atoms with Crippen LogP contribution in [0, 0.1) is 6.92 Å². The van der Waals surface area contributed by atoms with Gasteiger partial charge in [0.25, 0.3) is 5.56 Å². The SMILES string of the molecule is Cc1ccc(NC(=O)CS[C@@H](C)c2nc3scc(-c4ccccc4)c3c(=O)[nH]2)cc1. The topological polar surface area (TPSA) is 74.8 Å². The van der Waals surface area contributed by atoms with Crippen LogP contribution in [0.2, 0.25) is 0 Å². The van der Waals surface area contributed by atoms with Gasteiger partial charge in [-0.3, -0.25) is 9.59 Å². The normalized spacial score (nSPS) is 12.1. The number of carbonyl (C=O) groups is 1. The van der Waals surface area contributed by atoms with E-state index < -0.39 is 0 Å². The highest BCUT2D eigenvalue weighted by atomic mass is 32.2. The maximum absolute atomic E-state index is 12.8. The molecule has 0 spiro atoms. The first kappa shape index (κ1) is 20.4. The number of anilines is 1. The van der Waals surface area contributed by atoms with Gasteiger partial charge in [0, 0.05) is 16.6 Å². The van der Waals surface area contributed by atoms with Crippen molar-refractivity contribution in [1.29, 1.82) is 0 Å². The summed E-state index contributed by atoms with van der Waals surface area (Å²) in [5, 5.41) is 5.36. The lowest BCUT2D eigenvalue weighted by Crippen LogP contribution is -2.16. The van der Waals surface area contributed by atoms with Crippen molar-refractivity contribution >= 4 is 44.9 Å². The number of hydrogen-bond donors (Lipinski definition) is 2. The summed E-state index contributed by atoms with van der Waals surface area (Å²) >= 11 is 2.90. The highest BCUT2D eigenvalue weighted by Gasteiger charge is 2.17. The highest BCUT2D eigenvalue weighted by Crippen LogP contribution is 2.32. The van der Waals surface area contributed by atoms with E-state index in [0.29, 0.717) is 16.0 Å². The molecule has 4 rings (SSSR count). The average Bonchev–Trinajstić information content (AvgIpc) is 3.19. The molecule has 0 radical (unpaired) electrons. The molecule has 2 aromatic carbocycles. The fourth-order valence-corrected chi connectivity index (χ4v) is 4.80. The summed E-state index contributed by atoms with van der Waals surface area (Å²) in [4.78, 5) is 33.3. The summed E-state index contributed by atoms with van der Waals surface area (Å²) in [6.45, 7) is 3.95. The Morgan fingerprint density at radius 2 is 1.90 bits per heavy atom. The zero-order chi connectivity index (χ0) is 21.1. The van der Waals surface area contributed by atoms with Crippen LogP contribution in [0.5, 0.6) is 0 Å². The third-order valence-corrected chi connectivity index (χ3v) is 6.76. The van der Waals surface area contributed by atoms with Gasteiger partial charge in [-0.25, -0.2) is 4.98 Å². The Kier molecular flexibility index (Phi) is 6.01. The first-order valence-electron chi connectivity index (χ1n) is 9.56. The van der Waals surface area contributed by atoms with E-state index in [2.05, 4.69) is 15.3 Å². The number of nitrogens with zero attached hydrogens (tertiary/aromatic N) is 1.